The summed E-state index contributed by atoms with van der Waals surface area (Å²) in [6.07, 6.45) is 0. The van der Waals surface area contributed by atoms with Crippen LogP contribution in [0.4, 0.5) is 0 Å². The van der Waals surface area contributed by atoms with Crippen LogP contribution >= 0.6 is 8.03 Å². The Morgan fingerprint density at radius 1 is 1.50 bits per heavy atom. The fourth-order valence-corrected chi connectivity index (χ4v) is 0.581. The van der Waals surface area contributed by atoms with Crippen molar-refractivity contribution in [2.75, 3.05) is 27.0 Å². The summed E-state index contributed by atoms with van der Waals surface area (Å²) in [5.74, 6) is 0. The third-order valence-corrected chi connectivity index (χ3v) is 1.11. The second-order valence-electron chi connectivity index (χ2n) is 1.27. The average Bonchev–Trinajstić information content (AvgIpc) is 1.66. The summed E-state index contributed by atoms with van der Waals surface area (Å²) in [6, 6.07) is 0. The van der Waals surface area contributed by atoms with Crippen molar-refractivity contribution in [3.8, 4) is 0 Å². The maximum absolute atomic E-state index is 10.2. The van der Waals surface area contributed by atoms with E-state index >= 15 is 0 Å². The third kappa shape index (κ3) is 6.02. The first-order valence-electron chi connectivity index (χ1n) is 2.30. The van der Waals surface area contributed by atoms with Crippen LogP contribution in [-0.2, 0) is 13.8 Å². The Kier molecular flexibility index (Phi) is 5.18. The highest BCUT2D eigenvalue weighted by Gasteiger charge is 2.03. The average molecular weight is 137 g/mol. The number of methoxy groups -OCH3 is 1. The lowest BCUT2D eigenvalue weighted by molar-refractivity contribution is 0.151. The minimum Gasteiger partial charge on any atom is -0.382 e. The van der Waals surface area contributed by atoms with Gasteiger partial charge in [0.2, 0.25) is 0 Å². The molecule has 0 amide bonds. The molecular formula is C4H10O3P+. The van der Waals surface area contributed by atoms with Crippen LogP contribution in [0.5, 0.6) is 0 Å². The Morgan fingerprint density at radius 3 is 2.50 bits per heavy atom. The van der Waals surface area contributed by atoms with Gasteiger partial charge in [-0.15, -0.1) is 4.52 Å². The normalized spacial score (nSPS) is 11.5. The molecule has 0 aromatic carbocycles. The lowest BCUT2D eigenvalue weighted by Crippen LogP contribution is -1.95. The van der Waals surface area contributed by atoms with Crippen LogP contribution in [0.15, 0.2) is 0 Å². The van der Waals surface area contributed by atoms with Crippen LogP contribution in [0.1, 0.15) is 0 Å². The van der Waals surface area contributed by atoms with Crippen molar-refractivity contribution in [3.05, 3.63) is 0 Å². The molecule has 3 nitrogen and oxygen atoms in total. The molecule has 0 aliphatic heterocycles. The molecule has 0 N–H and O–H groups in total. The predicted octanol–water partition coefficient (Wildman–Crippen LogP) is 1.02. The van der Waals surface area contributed by atoms with Crippen molar-refractivity contribution in [1.29, 1.82) is 0 Å². The molecule has 0 heterocycles. The minimum atomic E-state index is -1.44. The fourth-order valence-electron chi connectivity index (χ4n) is 0.249. The number of hydrogen-bond acceptors (Lipinski definition) is 3. The van der Waals surface area contributed by atoms with Gasteiger partial charge in [-0.3, -0.25) is 0 Å². The van der Waals surface area contributed by atoms with Crippen LogP contribution < -0.4 is 0 Å². The first-order chi connectivity index (χ1) is 3.77. The van der Waals surface area contributed by atoms with Gasteiger partial charge < -0.3 is 4.74 Å². The summed E-state index contributed by atoms with van der Waals surface area (Å²) in [5, 5.41) is 0. The maximum Gasteiger partial charge on any atom is 0.504 e. The topological polar surface area (TPSA) is 35.5 Å². The molecule has 0 fully saturated rings. The molecule has 0 aliphatic carbocycles. The van der Waals surface area contributed by atoms with Crippen molar-refractivity contribution >= 4 is 8.03 Å². The minimum absolute atomic E-state index is 0.419. The zero-order chi connectivity index (χ0) is 6.41. The third-order valence-electron chi connectivity index (χ3n) is 0.561. The van der Waals surface area contributed by atoms with Crippen LogP contribution in [-0.4, -0.2) is 27.0 Å². The standard InChI is InChI=1S/C4H10O3P/c1-6-3-4-7-8(2)5/h3-4H2,1-2H3/q+1. The summed E-state index contributed by atoms with van der Waals surface area (Å²) in [5.41, 5.74) is 0. The van der Waals surface area contributed by atoms with Crippen molar-refractivity contribution in [2.45, 2.75) is 0 Å². The molecule has 0 aromatic rings. The van der Waals surface area contributed by atoms with Gasteiger partial charge in [0.05, 0.1) is 6.61 Å². The molecule has 1 unspecified atom stereocenters. The van der Waals surface area contributed by atoms with Crippen molar-refractivity contribution in [2.24, 2.45) is 0 Å². The van der Waals surface area contributed by atoms with E-state index in [4.69, 9.17) is 0 Å². The molecule has 0 spiro atoms. The molecule has 0 aromatic heterocycles. The number of rotatable bonds is 4. The molecule has 0 radical (unpaired) electrons. The lowest BCUT2D eigenvalue weighted by Gasteiger charge is -1.87. The van der Waals surface area contributed by atoms with Gasteiger partial charge in [0, 0.05) is 7.11 Å². The summed E-state index contributed by atoms with van der Waals surface area (Å²) in [7, 11) is 0.133. The largest absolute Gasteiger partial charge is 0.504 e. The van der Waals surface area contributed by atoms with Gasteiger partial charge in [0.25, 0.3) is 0 Å². The van der Waals surface area contributed by atoms with Crippen LogP contribution in [0.3, 0.4) is 0 Å². The Balaban J connectivity index is 2.82. The number of ether oxygens (including phenoxy) is 1. The van der Waals surface area contributed by atoms with E-state index in [0.29, 0.717) is 13.2 Å². The van der Waals surface area contributed by atoms with Crippen molar-refractivity contribution < 1.29 is 13.8 Å². The molecular weight excluding hydrogens is 127 g/mol. The fraction of sp³-hybridized carbons (Fsp3) is 1.00. The van der Waals surface area contributed by atoms with Gasteiger partial charge in [0.15, 0.2) is 6.66 Å². The monoisotopic (exact) mass is 137 g/mol. The molecule has 0 saturated carbocycles. The highest BCUT2D eigenvalue weighted by Crippen LogP contribution is 2.13. The molecule has 1 atom stereocenters. The summed E-state index contributed by atoms with van der Waals surface area (Å²) >= 11 is 0. The molecule has 8 heavy (non-hydrogen) atoms. The van der Waals surface area contributed by atoms with E-state index in [0.717, 1.165) is 0 Å². The van der Waals surface area contributed by atoms with Crippen molar-refractivity contribution in [3.63, 3.8) is 0 Å². The van der Waals surface area contributed by atoms with E-state index < -0.39 is 8.03 Å². The van der Waals surface area contributed by atoms with E-state index in [1.807, 2.05) is 0 Å². The Hall–Kier alpha value is 0.0200. The van der Waals surface area contributed by atoms with Crippen LogP contribution in [0.25, 0.3) is 0 Å². The molecule has 0 bridgehead atoms. The summed E-state index contributed by atoms with van der Waals surface area (Å²) in [4.78, 5) is 0. The zero-order valence-corrected chi connectivity index (χ0v) is 5.98. The van der Waals surface area contributed by atoms with Crippen molar-refractivity contribution in [1.82, 2.24) is 0 Å². The molecule has 0 saturated heterocycles. The Morgan fingerprint density at radius 2 is 2.12 bits per heavy atom. The molecule has 48 valence electrons. The van der Waals surface area contributed by atoms with Crippen LogP contribution in [0.2, 0.25) is 0 Å². The van der Waals surface area contributed by atoms with Gasteiger partial charge in [0.1, 0.15) is 6.61 Å². The summed E-state index contributed by atoms with van der Waals surface area (Å²) < 4.78 is 19.5. The van der Waals surface area contributed by atoms with Gasteiger partial charge in [-0.2, -0.15) is 0 Å². The van der Waals surface area contributed by atoms with Gasteiger partial charge >= 0.3 is 8.03 Å². The first kappa shape index (κ1) is 8.02. The van der Waals surface area contributed by atoms with E-state index in [1.54, 1.807) is 7.11 Å². The van der Waals surface area contributed by atoms with Gasteiger partial charge in [-0.05, 0) is 4.57 Å². The second kappa shape index (κ2) is 5.16. The SMILES string of the molecule is COCCO[P+](C)=O. The van der Waals surface area contributed by atoms with E-state index in [2.05, 4.69) is 9.26 Å². The second-order valence-corrected chi connectivity index (χ2v) is 2.40. The Labute approximate surface area is 49.9 Å². The van der Waals surface area contributed by atoms with Gasteiger partial charge in [-0.1, -0.05) is 0 Å². The Bertz CT molecular complexity index is 73.7. The highest BCUT2D eigenvalue weighted by molar-refractivity contribution is 7.38. The first-order valence-corrected chi connectivity index (χ1v) is 3.92. The quantitative estimate of drug-likeness (QED) is 0.428. The predicted molar refractivity (Wildman–Crippen MR) is 31.4 cm³/mol. The lowest BCUT2D eigenvalue weighted by atomic mass is 10.8. The smallest absolute Gasteiger partial charge is 0.382 e. The molecule has 4 heteroatoms. The maximum atomic E-state index is 10.2. The summed E-state index contributed by atoms with van der Waals surface area (Å²) in [6.45, 7) is 2.45. The number of hydrogen-bond donors (Lipinski definition) is 0. The molecule has 0 aliphatic rings. The highest BCUT2D eigenvalue weighted by atomic mass is 31.1. The van der Waals surface area contributed by atoms with Gasteiger partial charge in [-0.25, -0.2) is 0 Å². The van der Waals surface area contributed by atoms with E-state index in [9.17, 15) is 4.57 Å². The zero-order valence-electron chi connectivity index (χ0n) is 5.09. The van der Waals surface area contributed by atoms with Crippen LogP contribution in [0, 0.1) is 0 Å². The molecule has 0 rings (SSSR count). The van der Waals surface area contributed by atoms with E-state index in [1.165, 1.54) is 6.66 Å². The van der Waals surface area contributed by atoms with E-state index in [-0.39, 0.29) is 0 Å².